The van der Waals surface area contributed by atoms with Crippen molar-refractivity contribution >= 4 is 0 Å². The van der Waals surface area contributed by atoms with E-state index in [0.717, 1.165) is 38.5 Å². The molecule has 0 aliphatic carbocycles. The number of aryl methyl sites for hydroxylation is 1. The minimum Gasteiger partial charge on any atom is -0.383 e. The van der Waals surface area contributed by atoms with E-state index in [2.05, 4.69) is 39.3 Å². The van der Waals surface area contributed by atoms with Crippen molar-refractivity contribution in [2.24, 2.45) is 0 Å². The number of nitrogens with zero attached hydrogens (tertiary/aromatic N) is 4. The first-order valence-corrected chi connectivity index (χ1v) is 6.53. The molecule has 0 fully saturated rings. The molecule has 104 valence electrons. The molecule has 0 spiro atoms. The maximum Gasteiger partial charge on any atom is 0.0953 e. The summed E-state index contributed by atoms with van der Waals surface area (Å²) in [6, 6.07) is 0. The van der Waals surface area contributed by atoms with Gasteiger partial charge < -0.3 is 14.6 Å². The molecular weight excluding hydrogens is 242 g/mol. The van der Waals surface area contributed by atoms with Gasteiger partial charge in [0, 0.05) is 44.7 Å². The van der Waals surface area contributed by atoms with E-state index in [1.807, 2.05) is 17.2 Å². The Bertz CT molecular complexity index is 491. The highest BCUT2D eigenvalue weighted by Crippen LogP contribution is 2.03. The van der Waals surface area contributed by atoms with E-state index in [9.17, 15) is 0 Å². The molecule has 0 bridgehead atoms. The molecule has 0 aliphatic heterocycles. The molecule has 0 saturated carbocycles. The van der Waals surface area contributed by atoms with Crippen LogP contribution in [0.5, 0.6) is 0 Å². The molecule has 6 nitrogen and oxygen atoms in total. The standard InChI is InChI=1S/C13H21N5O/c1-3-18-9-12(6-16-18)8-17-10-13(15-11-17)7-14-4-5-19-2/h6,9-11,14H,3-5,7-8H2,1-2H3. The van der Waals surface area contributed by atoms with Gasteiger partial charge >= 0.3 is 0 Å². The minimum atomic E-state index is 0.719. The molecule has 2 aromatic rings. The molecule has 1 N–H and O–H groups in total. The lowest BCUT2D eigenvalue weighted by atomic mass is 10.3. The van der Waals surface area contributed by atoms with Crippen molar-refractivity contribution in [1.82, 2.24) is 24.6 Å². The average molecular weight is 263 g/mol. The summed E-state index contributed by atoms with van der Waals surface area (Å²) in [7, 11) is 1.70. The second-order valence-corrected chi connectivity index (χ2v) is 4.41. The van der Waals surface area contributed by atoms with Crippen molar-refractivity contribution in [3.05, 3.63) is 36.2 Å². The Kier molecular flexibility index (Phi) is 5.11. The van der Waals surface area contributed by atoms with Crippen LogP contribution in [0.25, 0.3) is 0 Å². The summed E-state index contributed by atoms with van der Waals surface area (Å²) >= 11 is 0. The van der Waals surface area contributed by atoms with Gasteiger partial charge in [-0.05, 0) is 6.92 Å². The molecule has 0 atom stereocenters. The molecule has 2 aromatic heterocycles. The normalized spacial score (nSPS) is 11.1. The zero-order chi connectivity index (χ0) is 13.5. The van der Waals surface area contributed by atoms with Crippen LogP contribution < -0.4 is 5.32 Å². The average Bonchev–Trinajstić information content (AvgIpc) is 3.05. The van der Waals surface area contributed by atoms with Crippen LogP contribution in [-0.4, -0.2) is 39.6 Å². The molecule has 6 heteroatoms. The van der Waals surface area contributed by atoms with Crippen molar-refractivity contribution in [3.8, 4) is 0 Å². The second-order valence-electron chi connectivity index (χ2n) is 4.41. The Hall–Kier alpha value is -1.66. The third-order valence-electron chi connectivity index (χ3n) is 2.85. The highest BCUT2D eigenvalue weighted by Gasteiger charge is 2.01. The second kappa shape index (κ2) is 7.06. The zero-order valence-electron chi connectivity index (χ0n) is 11.5. The van der Waals surface area contributed by atoms with Crippen LogP contribution in [0.4, 0.5) is 0 Å². The topological polar surface area (TPSA) is 56.9 Å². The first-order chi connectivity index (χ1) is 9.31. The Morgan fingerprint density at radius 1 is 1.37 bits per heavy atom. The molecule has 0 aromatic carbocycles. The zero-order valence-corrected chi connectivity index (χ0v) is 11.5. The fraction of sp³-hybridized carbons (Fsp3) is 0.538. The van der Waals surface area contributed by atoms with Crippen LogP contribution >= 0.6 is 0 Å². The van der Waals surface area contributed by atoms with Crippen LogP contribution in [0.3, 0.4) is 0 Å². The monoisotopic (exact) mass is 263 g/mol. The van der Waals surface area contributed by atoms with E-state index >= 15 is 0 Å². The molecule has 0 radical (unpaired) electrons. The van der Waals surface area contributed by atoms with E-state index in [4.69, 9.17) is 4.74 Å². The maximum absolute atomic E-state index is 4.98. The minimum absolute atomic E-state index is 0.719. The number of methoxy groups -OCH3 is 1. The van der Waals surface area contributed by atoms with Gasteiger partial charge in [0.15, 0.2) is 0 Å². The predicted octanol–water partition coefficient (Wildman–Crippen LogP) is 0.884. The van der Waals surface area contributed by atoms with Crippen LogP contribution in [0.1, 0.15) is 18.2 Å². The van der Waals surface area contributed by atoms with Gasteiger partial charge in [0.25, 0.3) is 0 Å². The summed E-state index contributed by atoms with van der Waals surface area (Å²) in [4.78, 5) is 4.37. The summed E-state index contributed by atoms with van der Waals surface area (Å²) in [5.41, 5.74) is 2.23. The van der Waals surface area contributed by atoms with Crippen LogP contribution in [-0.2, 0) is 24.4 Å². The van der Waals surface area contributed by atoms with Crippen molar-refractivity contribution in [2.45, 2.75) is 26.6 Å². The number of hydrogen-bond acceptors (Lipinski definition) is 4. The van der Waals surface area contributed by atoms with E-state index < -0.39 is 0 Å². The molecule has 2 heterocycles. The summed E-state index contributed by atoms with van der Waals surface area (Å²) in [6.07, 6.45) is 7.89. The van der Waals surface area contributed by atoms with Crippen LogP contribution in [0, 0.1) is 0 Å². The van der Waals surface area contributed by atoms with Gasteiger partial charge in [-0.2, -0.15) is 5.10 Å². The fourth-order valence-electron chi connectivity index (χ4n) is 1.85. The molecule has 0 aliphatic rings. The SMILES string of the molecule is CCn1cc(Cn2cnc(CNCCOC)c2)cn1. The summed E-state index contributed by atoms with van der Waals surface area (Å²) in [5.74, 6) is 0. The van der Waals surface area contributed by atoms with E-state index in [-0.39, 0.29) is 0 Å². The lowest BCUT2D eigenvalue weighted by Crippen LogP contribution is -2.18. The number of imidazole rings is 1. The van der Waals surface area contributed by atoms with E-state index in [1.165, 1.54) is 5.56 Å². The highest BCUT2D eigenvalue weighted by atomic mass is 16.5. The largest absolute Gasteiger partial charge is 0.383 e. The highest BCUT2D eigenvalue weighted by molar-refractivity contribution is 5.06. The molecule has 19 heavy (non-hydrogen) atoms. The van der Waals surface area contributed by atoms with E-state index in [1.54, 1.807) is 7.11 Å². The number of hydrogen-bond donors (Lipinski definition) is 1. The van der Waals surface area contributed by atoms with Gasteiger partial charge in [-0.3, -0.25) is 4.68 Å². The van der Waals surface area contributed by atoms with Gasteiger partial charge in [-0.25, -0.2) is 4.98 Å². The predicted molar refractivity (Wildman–Crippen MR) is 72.8 cm³/mol. The van der Waals surface area contributed by atoms with Gasteiger partial charge in [-0.15, -0.1) is 0 Å². The van der Waals surface area contributed by atoms with Crippen LogP contribution in [0.2, 0.25) is 0 Å². The summed E-state index contributed by atoms with van der Waals surface area (Å²) in [5, 5.41) is 7.54. The van der Waals surface area contributed by atoms with Crippen molar-refractivity contribution < 1.29 is 4.74 Å². The smallest absolute Gasteiger partial charge is 0.0953 e. The third-order valence-corrected chi connectivity index (χ3v) is 2.85. The summed E-state index contributed by atoms with van der Waals surface area (Å²) < 4.78 is 8.98. The molecule has 2 rings (SSSR count). The fourth-order valence-corrected chi connectivity index (χ4v) is 1.85. The molecular formula is C13H21N5O. The van der Waals surface area contributed by atoms with Crippen LogP contribution in [0.15, 0.2) is 24.9 Å². The third kappa shape index (κ3) is 4.18. The molecule has 0 unspecified atom stereocenters. The first-order valence-electron chi connectivity index (χ1n) is 6.53. The molecule has 0 amide bonds. The quantitative estimate of drug-likeness (QED) is 0.718. The Morgan fingerprint density at radius 2 is 2.26 bits per heavy atom. The number of rotatable bonds is 8. The Labute approximate surface area is 113 Å². The van der Waals surface area contributed by atoms with Gasteiger partial charge in [0.1, 0.15) is 0 Å². The van der Waals surface area contributed by atoms with Gasteiger partial charge in [-0.1, -0.05) is 0 Å². The Balaban J connectivity index is 1.83. The van der Waals surface area contributed by atoms with E-state index in [0.29, 0.717) is 0 Å². The number of aromatic nitrogens is 4. The maximum atomic E-state index is 4.98. The van der Waals surface area contributed by atoms with Crippen molar-refractivity contribution in [2.75, 3.05) is 20.3 Å². The lowest BCUT2D eigenvalue weighted by molar-refractivity contribution is 0.199. The molecule has 0 saturated heterocycles. The Morgan fingerprint density at radius 3 is 3.00 bits per heavy atom. The van der Waals surface area contributed by atoms with Gasteiger partial charge in [0.2, 0.25) is 0 Å². The van der Waals surface area contributed by atoms with Gasteiger partial charge in [0.05, 0.1) is 31.4 Å². The number of ether oxygens (including phenoxy) is 1. The van der Waals surface area contributed by atoms with Crippen molar-refractivity contribution in [1.29, 1.82) is 0 Å². The summed E-state index contributed by atoms with van der Waals surface area (Å²) in [6.45, 7) is 6.12. The van der Waals surface area contributed by atoms with Crippen molar-refractivity contribution in [3.63, 3.8) is 0 Å². The lowest BCUT2D eigenvalue weighted by Gasteiger charge is -2.01. The first kappa shape index (κ1) is 13.8. The number of nitrogens with one attached hydrogen (secondary N) is 1.